The molecule has 2 heterocycles. The molecule has 0 fully saturated rings. The van der Waals surface area contributed by atoms with Gasteiger partial charge in [-0.25, -0.2) is 4.98 Å². The predicted octanol–water partition coefficient (Wildman–Crippen LogP) is 4.63. The van der Waals surface area contributed by atoms with E-state index in [0.29, 0.717) is 23.5 Å². The molecule has 6 heteroatoms. The highest BCUT2D eigenvalue weighted by Gasteiger charge is 2.21. The Morgan fingerprint density at radius 1 is 1.03 bits per heavy atom. The van der Waals surface area contributed by atoms with Crippen molar-refractivity contribution in [2.24, 2.45) is 0 Å². The van der Waals surface area contributed by atoms with Gasteiger partial charge >= 0.3 is 0 Å². The van der Waals surface area contributed by atoms with Crippen LogP contribution < -0.4 is 15.0 Å². The Labute approximate surface area is 181 Å². The highest BCUT2D eigenvalue weighted by molar-refractivity contribution is 6.05. The summed E-state index contributed by atoms with van der Waals surface area (Å²) >= 11 is 0. The molecule has 6 nitrogen and oxygen atoms in total. The zero-order chi connectivity index (χ0) is 21.4. The van der Waals surface area contributed by atoms with Crippen molar-refractivity contribution in [1.29, 1.82) is 0 Å². The molecule has 0 radical (unpaired) electrons. The number of methoxy groups -OCH3 is 1. The summed E-state index contributed by atoms with van der Waals surface area (Å²) in [6.45, 7) is 4.45. The number of hydrogen-bond donors (Lipinski definition) is 1. The Morgan fingerprint density at radius 2 is 1.84 bits per heavy atom. The molecule has 0 unspecified atom stereocenters. The highest BCUT2D eigenvalue weighted by atomic mass is 16.5. The minimum atomic E-state index is -0.157. The average molecular weight is 412 g/mol. The third-order valence-electron chi connectivity index (χ3n) is 5.77. The van der Waals surface area contributed by atoms with E-state index in [4.69, 9.17) is 9.72 Å². The number of benzene rings is 3. The molecule has 31 heavy (non-hydrogen) atoms. The second kappa shape index (κ2) is 7.80. The summed E-state index contributed by atoms with van der Waals surface area (Å²) < 4.78 is 7.78. The fraction of sp³-hybridized carbons (Fsp3) is 0.200. The highest BCUT2D eigenvalue weighted by Crippen LogP contribution is 2.32. The maximum Gasteiger partial charge on any atom is 0.255 e. The lowest BCUT2D eigenvalue weighted by atomic mass is 10.1. The monoisotopic (exact) mass is 412 g/mol. The van der Waals surface area contributed by atoms with Gasteiger partial charge in [-0.1, -0.05) is 29.8 Å². The van der Waals surface area contributed by atoms with Crippen LogP contribution >= 0.6 is 0 Å². The van der Waals surface area contributed by atoms with Crippen molar-refractivity contribution in [3.8, 4) is 5.75 Å². The van der Waals surface area contributed by atoms with E-state index in [1.54, 1.807) is 7.11 Å². The Balaban J connectivity index is 1.41. The first-order valence-corrected chi connectivity index (χ1v) is 10.4. The Morgan fingerprint density at radius 3 is 2.65 bits per heavy atom. The fourth-order valence-electron chi connectivity index (χ4n) is 4.08. The first kappa shape index (κ1) is 19.2. The first-order valence-electron chi connectivity index (χ1n) is 10.4. The standard InChI is InChI=1S/C25H24N4O2/c1-17-7-9-18(10-8-17)25(30)27-21-15-19(11-12-23(21)31-2)28-13-14-29-22-6-4-3-5-20(22)26-24(29)16-28/h3-12,15H,13-14,16H2,1-2H3,(H,27,30). The van der Waals surface area contributed by atoms with Crippen molar-refractivity contribution >= 4 is 28.3 Å². The average Bonchev–Trinajstić information content (AvgIpc) is 3.17. The number of fused-ring (bicyclic) bond motifs is 3. The van der Waals surface area contributed by atoms with Crippen LogP contribution in [-0.2, 0) is 13.1 Å². The molecule has 5 rings (SSSR count). The van der Waals surface area contributed by atoms with Gasteiger partial charge in [-0.05, 0) is 49.4 Å². The normalized spacial score (nSPS) is 13.2. The van der Waals surface area contributed by atoms with Crippen LogP contribution in [0.5, 0.6) is 5.75 Å². The summed E-state index contributed by atoms with van der Waals surface area (Å²) in [4.78, 5) is 19.8. The molecule has 0 aliphatic carbocycles. The molecule has 0 saturated carbocycles. The van der Waals surface area contributed by atoms with Crippen LogP contribution in [0.4, 0.5) is 11.4 Å². The molecule has 3 aromatic carbocycles. The number of imidazole rings is 1. The van der Waals surface area contributed by atoms with E-state index < -0.39 is 0 Å². The maximum absolute atomic E-state index is 12.8. The van der Waals surface area contributed by atoms with Crippen molar-refractivity contribution in [1.82, 2.24) is 9.55 Å². The summed E-state index contributed by atoms with van der Waals surface area (Å²) in [7, 11) is 1.61. The van der Waals surface area contributed by atoms with Gasteiger partial charge in [-0.2, -0.15) is 0 Å². The number of amides is 1. The topological polar surface area (TPSA) is 59.4 Å². The van der Waals surface area contributed by atoms with Crippen molar-refractivity contribution in [3.05, 3.63) is 83.7 Å². The number of hydrogen-bond acceptors (Lipinski definition) is 4. The van der Waals surface area contributed by atoms with Crippen LogP contribution in [0.15, 0.2) is 66.7 Å². The van der Waals surface area contributed by atoms with Gasteiger partial charge in [0.2, 0.25) is 0 Å². The number of anilines is 2. The molecule has 156 valence electrons. The largest absolute Gasteiger partial charge is 0.495 e. The molecule has 1 aromatic heterocycles. The van der Waals surface area contributed by atoms with Gasteiger partial charge in [0, 0.05) is 24.3 Å². The van der Waals surface area contributed by atoms with Crippen molar-refractivity contribution in [2.45, 2.75) is 20.0 Å². The molecule has 1 aliphatic rings. The Hall–Kier alpha value is -3.80. The first-order chi connectivity index (χ1) is 15.1. The van der Waals surface area contributed by atoms with Crippen LogP contribution in [0.1, 0.15) is 21.7 Å². The summed E-state index contributed by atoms with van der Waals surface area (Å²) in [5, 5.41) is 3.01. The number of para-hydroxylation sites is 2. The molecule has 4 aromatic rings. The number of ether oxygens (including phenoxy) is 1. The van der Waals surface area contributed by atoms with Gasteiger partial charge in [0.15, 0.2) is 0 Å². The molecule has 1 N–H and O–H groups in total. The van der Waals surface area contributed by atoms with Gasteiger partial charge in [-0.15, -0.1) is 0 Å². The Bertz CT molecular complexity index is 1260. The van der Waals surface area contributed by atoms with E-state index in [0.717, 1.165) is 35.7 Å². The van der Waals surface area contributed by atoms with Crippen LogP contribution in [0.2, 0.25) is 0 Å². The number of aromatic nitrogens is 2. The summed E-state index contributed by atoms with van der Waals surface area (Å²) in [6, 6.07) is 21.7. The van der Waals surface area contributed by atoms with Gasteiger partial charge in [0.25, 0.3) is 5.91 Å². The van der Waals surface area contributed by atoms with E-state index in [-0.39, 0.29) is 5.91 Å². The third-order valence-corrected chi connectivity index (χ3v) is 5.77. The van der Waals surface area contributed by atoms with Crippen molar-refractivity contribution < 1.29 is 9.53 Å². The van der Waals surface area contributed by atoms with Gasteiger partial charge in [-0.3, -0.25) is 4.79 Å². The SMILES string of the molecule is COc1ccc(N2CCn3c(nc4ccccc43)C2)cc1NC(=O)c1ccc(C)cc1. The molecule has 0 saturated heterocycles. The minimum Gasteiger partial charge on any atom is -0.495 e. The number of carbonyl (C=O) groups excluding carboxylic acids is 1. The van der Waals surface area contributed by atoms with Gasteiger partial charge in [0.05, 0.1) is 30.4 Å². The van der Waals surface area contributed by atoms with Crippen molar-refractivity contribution in [2.75, 3.05) is 23.9 Å². The zero-order valence-electron chi connectivity index (χ0n) is 17.6. The maximum atomic E-state index is 12.8. The lowest BCUT2D eigenvalue weighted by Gasteiger charge is -2.30. The predicted molar refractivity (Wildman–Crippen MR) is 123 cm³/mol. The van der Waals surface area contributed by atoms with Crippen molar-refractivity contribution in [3.63, 3.8) is 0 Å². The summed E-state index contributed by atoms with van der Waals surface area (Å²) in [5.74, 6) is 1.53. The number of nitrogens with zero attached hydrogens (tertiary/aromatic N) is 3. The van der Waals surface area contributed by atoms with Crippen LogP contribution in [-0.4, -0.2) is 29.1 Å². The molecular formula is C25H24N4O2. The molecule has 1 aliphatic heterocycles. The molecule has 0 atom stereocenters. The van der Waals surface area contributed by atoms with Gasteiger partial charge in [0.1, 0.15) is 11.6 Å². The minimum absolute atomic E-state index is 0.157. The summed E-state index contributed by atoms with van der Waals surface area (Å²) in [5.41, 5.74) is 5.62. The van der Waals surface area contributed by atoms with E-state index >= 15 is 0 Å². The number of nitrogens with one attached hydrogen (secondary N) is 1. The lowest BCUT2D eigenvalue weighted by molar-refractivity contribution is 0.102. The third kappa shape index (κ3) is 3.61. The zero-order valence-corrected chi connectivity index (χ0v) is 17.6. The van der Waals surface area contributed by atoms with Crippen LogP contribution in [0.3, 0.4) is 0 Å². The van der Waals surface area contributed by atoms with E-state index in [1.807, 2.05) is 55.5 Å². The number of aryl methyl sites for hydroxylation is 1. The quantitative estimate of drug-likeness (QED) is 0.531. The number of carbonyl (C=O) groups is 1. The van der Waals surface area contributed by atoms with E-state index in [2.05, 4.69) is 33.0 Å². The molecule has 0 spiro atoms. The smallest absolute Gasteiger partial charge is 0.255 e. The second-order valence-electron chi connectivity index (χ2n) is 7.79. The fourth-order valence-corrected chi connectivity index (χ4v) is 4.08. The second-order valence-corrected chi connectivity index (χ2v) is 7.79. The van der Waals surface area contributed by atoms with E-state index in [9.17, 15) is 4.79 Å². The molecule has 1 amide bonds. The van der Waals surface area contributed by atoms with E-state index in [1.165, 1.54) is 5.52 Å². The van der Waals surface area contributed by atoms with Gasteiger partial charge < -0.3 is 19.5 Å². The Kier molecular flexibility index (Phi) is 4.82. The number of rotatable bonds is 4. The van der Waals surface area contributed by atoms with Crippen LogP contribution in [0.25, 0.3) is 11.0 Å². The molecular weight excluding hydrogens is 388 g/mol. The lowest BCUT2D eigenvalue weighted by Crippen LogP contribution is -2.33. The van der Waals surface area contributed by atoms with Crippen LogP contribution in [0, 0.1) is 6.92 Å². The molecule has 0 bridgehead atoms. The summed E-state index contributed by atoms with van der Waals surface area (Å²) in [6.07, 6.45) is 0.